The summed E-state index contributed by atoms with van der Waals surface area (Å²) in [6.07, 6.45) is 2.84. The predicted molar refractivity (Wildman–Crippen MR) is 271 cm³/mol. The molecule has 312 valence electrons. The van der Waals surface area contributed by atoms with Crippen molar-refractivity contribution in [2.45, 2.75) is 13.0 Å². The van der Waals surface area contributed by atoms with Gasteiger partial charge in [-0.15, -0.1) is 0 Å². The number of hydrogen-bond donors (Lipinski definition) is 2. The van der Waals surface area contributed by atoms with E-state index in [1.165, 1.54) is 16.5 Å². The van der Waals surface area contributed by atoms with Crippen molar-refractivity contribution in [3.8, 4) is 33.7 Å². The Morgan fingerprint density at radius 1 is 0.508 bits per heavy atom. The van der Waals surface area contributed by atoms with E-state index in [4.69, 9.17) is 21.2 Å². The van der Waals surface area contributed by atoms with Gasteiger partial charge in [0.1, 0.15) is 6.61 Å². The summed E-state index contributed by atoms with van der Waals surface area (Å²) >= 11 is 0. The van der Waals surface area contributed by atoms with Crippen LogP contribution in [0.25, 0.3) is 77.2 Å². The molecule has 2 heterocycles. The third-order valence-electron chi connectivity index (χ3n) is 12.3. The van der Waals surface area contributed by atoms with Crippen molar-refractivity contribution in [1.29, 1.82) is 0 Å². The number of benzene rings is 9. The van der Waals surface area contributed by atoms with Crippen LogP contribution in [0.15, 0.2) is 229 Å². The van der Waals surface area contributed by atoms with E-state index in [1.807, 2.05) is 42.5 Å². The molecule has 0 amide bonds. The molecule has 0 saturated heterocycles. The smallest absolute Gasteiger partial charge is 0.205 e. The molecule has 65 heavy (non-hydrogen) atoms. The highest BCUT2D eigenvalue weighted by molar-refractivity contribution is 6.21. The highest BCUT2D eigenvalue weighted by Crippen LogP contribution is 2.44. The molecule has 6 nitrogen and oxygen atoms in total. The molecule has 0 spiro atoms. The Labute approximate surface area is 377 Å². The van der Waals surface area contributed by atoms with E-state index in [0.717, 1.165) is 77.4 Å². The molecular weight excluding hydrogens is 795 g/mol. The second-order valence-electron chi connectivity index (χ2n) is 16.3. The van der Waals surface area contributed by atoms with Crippen LogP contribution in [0.3, 0.4) is 0 Å². The second kappa shape index (κ2) is 16.9. The molecule has 6 heteroatoms. The van der Waals surface area contributed by atoms with Gasteiger partial charge in [-0.3, -0.25) is 4.57 Å². The maximum Gasteiger partial charge on any atom is 0.205 e. The topological polar surface area (TPSA) is 83.5 Å². The van der Waals surface area contributed by atoms with Crippen LogP contribution < -0.4 is 16.2 Å². The van der Waals surface area contributed by atoms with Crippen molar-refractivity contribution in [2.75, 3.05) is 5.73 Å². The molecule has 0 bridgehead atoms. The average molecular weight is 840 g/mol. The fraction of sp³-hybridized carbons (Fsp3) is 0.0339. The maximum atomic E-state index is 7.49. The molecule has 0 aliphatic carbocycles. The number of fused-ring (bicyclic) bond motifs is 6. The Hall–Kier alpha value is -8.61. The lowest BCUT2D eigenvalue weighted by Gasteiger charge is -2.15. The molecule has 9 aromatic carbocycles. The minimum Gasteiger partial charge on any atom is -0.486 e. The van der Waals surface area contributed by atoms with Gasteiger partial charge in [0.2, 0.25) is 5.96 Å². The van der Waals surface area contributed by atoms with Crippen molar-refractivity contribution in [3.63, 3.8) is 0 Å². The van der Waals surface area contributed by atoms with Crippen LogP contribution in [0, 0.1) is 0 Å². The quantitative estimate of drug-likeness (QED) is 0.0817. The Morgan fingerprint density at radius 2 is 1.11 bits per heavy atom. The van der Waals surface area contributed by atoms with E-state index in [0.29, 0.717) is 30.4 Å². The number of anilines is 1. The van der Waals surface area contributed by atoms with Crippen LogP contribution >= 0.6 is 0 Å². The Balaban J connectivity index is 1.17. The number of rotatable bonds is 10. The largest absolute Gasteiger partial charge is 0.486 e. The van der Waals surface area contributed by atoms with E-state index in [-0.39, 0.29) is 0 Å². The van der Waals surface area contributed by atoms with Gasteiger partial charge in [0, 0.05) is 16.2 Å². The number of para-hydroxylation sites is 2. The molecule has 0 aliphatic rings. The second-order valence-corrected chi connectivity index (χ2v) is 16.3. The van der Waals surface area contributed by atoms with Gasteiger partial charge >= 0.3 is 0 Å². The molecule has 0 fully saturated rings. The van der Waals surface area contributed by atoms with Gasteiger partial charge in [0.15, 0.2) is 5.75 Å². The Bertz CT molecular complexity index is 3550. The van der Waals surface area contributed by atoms with Gasteiger partial charge in [-0.2, -0.15) is 0 Å². The predicted octanol–water partition coefficient (Wildman–Crippen LogP) is 13.8. The lowest BCUT2D eigenvalue weighted by atomic mass is 9.99. The number of hydrogen-bond acceptors (Lipinski definition) is 3. The first kappa shape index (κ1) is 39.3. The van der Waals surface area contributed by atoms with Crippen LogP contribution in [0.2, 0.25) is 0 Å². The molecule has 0 atom stereocenters. The summed E-state index contributed by atoms with van der Waals surface area (Å²) in [5.41, 5.74) is 28.3. The lowest BCUT2D eigenvalue weighted by molar-refractivity contribution is 0.312. The maximum absolute atomic E-state index is 7.49. The van der Waals surface area contributed by atoms with Crippen LogP contribution in [0.4, 0.5) is 5.69 Å². The molecule has 11 rings (SSSR count). The minimum atomic E-state index is 0.313. The fourth-order valence-corrected chi connectivity index (χ4v) is 9.26. The summed E-state index contributed by atoms with van der Waals surface area (Å²) in [7, 11) is 0. The summed E-state index contributed by atoms with van der Waals surface area (Å²) < 4.78 is 11.2. The molecule has 0 aliphatic heterocycles. The first-order valence-corrected chi connectivity index (χ1v) is 22.0. The summed E-state index contributed by atoms with van der Waals surface area (Å²) in [6.45, 7) is 0.348. The SMILES string of the molecule is NC(=N/C(=C\Cc1ccccc1)c1ccc(-c2ccccc2)cc1)n1c2ccc(N)c(OCc3ccccc3)c2c2cccc(-n3c4ccccc4c4c(-c5ccccc5)cccc43)c21. The van der Waals surface area contributed by atoms with Crippen LogP contribution in [-0.2, 0) is 13.0 Å². The molecule has 0 unspecified atom stereocenters. The third kappa shape index (κ3) is 7.27. The molecule has 4 N–H and O–H groups in total. The Morgan fingerprint density at radius 3 is 1.85 bits per heavy atom. The first-order valence-electron chi connectivity index (χ1n) is 22.0. The fourth-order valence-electron chi connectivity index (χ4n) is 9.26. The molecule has 11 aromatic rings. The van der Waals surface area contributed by atoms with Crippen LogP contribution in [-0.4, -0.2) is 15.1 Å². The monoisotopic (exact) mass is 839 g/mol. The van der Waals surface area contributed by atoms with Crippen molar-refractivity contribution in [2.24, 2.45) is 10.7 Å². The zero-order valence-corrected chi connectivity index (χ0v) is 35.7. The number of allylic oxidation sites excluding steroid dienone is 1. The van der Waals surface area contributed by atoms with E-state index >= 15 is 0 Å². The van der Waals surface area contributed by atoms with Gasteiger partial charge in [-0.1, -0.05) is 194 Å². The van der Waals surface area contributed by atoms with Gasteiger partial charge in [0.25, 0.3) is 0 Å². The molecule has 0 radical (unpaired) electrons. The zero-order chi connectivity index (χ0) is 43.7. The van der Waals surface area contributed by atoms with Crippen LogP contribution in [0.1, 0.15) is 16.7 Å². The standard InChI is InChI=1S/C59H45N5O/c60-49-36-38-53-56(58(49)65-39-41-19-7-2-8-20-41)48-27-16-30-54(63-51-28-14-13-25-47(51)55-46(26-15-29-52(55)63)44-23-11-4-12-24-44)57(48)64(53)59(61)62-50(37-31-40-17-5-1-6-18-40)45-34-32-43(33-35-45)42-21-9-3-10-22-42/h1-30,32-38H,31,39,60H2,(H2,61,62)/b50-37-. The summed E-state index contributed by atoms with van der Waals surface area (Å²) in [6, 6.07) is 75.8. The highest BCUT2D eigenvalue weighted by Gasteiger charge is 2.25. The van der Waals surface area contributed by atoms with Crippen molar-refractivity contribution >= 4 is 61.0 Å². The number of ether oxygens (including phenoxy) is 1. The molecule has 0 saturated carbocycles. The van der Waals surface area contributed by atoms with E-state index < -0.39 is 0 Å². The van der Waals surface area contributed by atoms with Gasteiger partial charge < -0.3 is 20.8 Å². The van der Waals surface area contributed by atoms with Crippen molar-refractivity contribution in [1.82, 2.24) is 9.13 Å². The van der Waals surface area contributed by atoms with Gasteiger partial charge in [0.05, 0.1) is 44.5 Å². The zero-order valence-electron chi connectivity index (χ0n) is 35.7. The molecule has 2 aromatic heterocycles. The number of aromatic nitrogens is 2. The van der Waals surface area contributed by atoms with Crippen LogP contribution in [0.5, 0.6) is 5.75 Å². The van der Waals surface area contributed by atoms with Crippen molar-refractivity contribution in [3.05, 3.63) is 241 Å². The van der Waals surface area contributed by atoms with Gasteiger partial charge in [-0.05, 0) is 75.7 Å². The Kier molecular flexibility index (Phi) is 10.2. The van der Waals surface area contributed by atoms with Gasteiger partial charge in [-0.25, -0.2) is 4.99 Å². The first-order chi connectivity index (χ1) is 32.1. The molecular formula is C59H45N5O. The van der Waals surface area contributed by atoms with E-state index in [9.17, 15) is 0 Å². The summed E-state index contributed by atoms with van der Waals surface area (Å²) in [5.74, 6) is 0.915. The van der Waals surface area contributed by atoms with E-state index in [1.54, 1.807) is 0 Å². The third-order valence-corrected chi connectivity index (χ3v) is 12.3. The van der Waals surface area contributed by atoms with E-state index in [2.05, 4.69) is 191 Å². The number of nitrogen functional groups attached to an aromatic ring is 1. The number of nitrogens with zero attached hydrogens (tertiary/aromatic N) is 3. The number of aliphatic imine (C=N–C) groups is 1. The average Bonchev–Trinajstić information content (AvgIpc) is 3.90. The normalized spacial score (nSPS) is 12.1. The summed E-state index contributed by atoms with van der Waals surface area (Å²) in [5, 5.41) is 4.14. The minimum absolute atomic E-state index is 0.313. The highest BCUT2D eigenvalue weighted by atomic mass is 16.5. The number of nitrogens with two attached hydrogens (primary N) is 2. The lowest BCUT2D eigenvalue weighted by Crippen LogP contribution is -2.23. The summed E-state index contributed by atoms with van der Waals surface area (Å²) in [4.78, 5) is 5.39. The van der Waals surface area contributed by atoms with Crippen molar-refractivity contribution < 1.29 is 4.74 Å².